The summed E-state index contributed by atoms with van der Waals surface area (Å²) in [6.45, 7) is 1.99. The minimum atomic E-state index is -0.131. The first kappa shape index (κ1) is 17.2. The maximum atomic E-state index is 13.0. The number of nitrogens with zero attached hydrogens (tertiary/aromatic N) is 3. The number of thiazole rings is 1. The Morgan fingerprint density at radius 1 is 1.04 bits per heavy atom. The Morgan fingerprint density at radius 2 is 1.81 bits per heavy atom. The Bertz CT molecular complexity index is 1240. The van der Waals surface area contributed by atoms with Crippen molar-refractivity contribution in [3.05, 3.63) is 68.5 Å². The number of methoxy groups -OCH3 is 2. The standard InChI is InChI=1S/C20H17N3O3S/c1-12-6-4-5-7-14(12)18-21-22-20-23(18)19(24)17(27-20)11-13-8-9-15(25-2)16(10-13)26-3/h4-11H,1-3H3/b17-11-. The van der Waals surface area contributed by atoms with Gasteiger partial charge in [-0.1, -0.05) is 41.7 Å². The molecule has 2 heterocycles. The van der Waals surface area contributed by atoms with Crippen LogP contribution in [0.15, 0.2) is 47.3 Å². The third kappa shape index (κ3) is 2.96. The third-order valence-corrected chi connectivity index (χ3v) is 5.30. The zero-order valence-corrected chi connectivity index (χ0v) is 15.9. The van der Waals surface area contributed by atoms with E-state index in [1.807, 2.05) is 55.5 Å². The molecule has 0 aliphatic rings. The van der Waals surface area contributed by atoms with Gasteiger partial charge in [-0.15, -0.1) is 10.2 Å². The maximum Gasteiger partial charge on any atom is 0.276 e. The summed E-state index contributed by atoms with van der Waals surface area (Å²) in [5.41, 5.74) is 2.66. The Morgan fingerprint density at radius 3 is 2.56 bits per heavy atom. The molecule has 4 aromatic rings. The average molecular weight is 379 g/mol. The van der Waals surface area contributed by atoms with Crippen molar-refractivity contribution >= 4 is 22.4 Å². The molecule has 0 aliphatic carbocycles. The van der Waals surface area contributed by atoms with E-state index in [4.69, 9.17) is 9.47 Å². The van der Waals surface area contributed by atoms with Crippen LogP contribution in [0.1, 0.15) is 11.1 Å². The van der Waals surface area contributed by atoms with E-state index in [0.29, 0.717) is 26.8 Å². The van der Waals surface area contributed by atoms with Crippen LogP contribution >= 0.6 is 11.3 Å². The average Bonchev–Trinajstić information content (AvgIpc) is 3.22. The second kappa shape index (κ2) is 6.85. The number of benzene rings is 2. The van der Waals surface area contributed by atoms with Gasteiger partial charge in [0.05, 0.1) is 18.8 Å². The van der Waals surface area contributed by atoms with Crippen LogP contribution in [0, 0.1) is 6.92 Å². The zero-order valence-electron chi connectivity index (χ0n) is 15.1. The molecule has 0 unspecified atom stereocenters. The summed E-state index contributed by atoms with van der Waals surface area (Å²) >= 11 is 1.31. The molecule has 0 amide bonds. The summed E-state index contributed by atoms with van der Waals surface area (Å²) in [5, 5.41) is 8.41. The van der Waals surface area contributed by atoms with Crippen molar-refractivity contribution in [2.24, 2.45) is 0 Å². The number of hydrogen-bond acceptors (Lipinski definition) is 6. The van der Waals surface area contributed by atoms with Crippen molar-refractivity contribution < 1.29 is 9.47 Å². The van der Waals surface area contributed by atoms with Crippen LogP contribution in [0.2, 0.25) is 0 Å². The quantitative estimate of drug-likeness (QED) is 0.545. The van der Waals surface area contributed by atoms with E-state index in [2.05, 4.69) is 10.2 Å². The molecule has 0 aliphatic heterocycles. The number of hydrogen-bond donors (Lipinski definition) is 0. The molecule has 0 atom stereocenters. The molecule has 0 saturated heterocycles. The van der Waals surface area contributed by atoms with Gasteiger partial charge >= 0.3 is 0 Å². The molecule has 0 fully saturated rings. The largest absolute Gasteiger partial charge is 0.493 e. The summed E-state index contributed by atoms with van der Waals surface area (Å²) in [6, 6.07) is 13.3. The Kier molecular flexibility index (Phi) is 4.37. The second-order valence-corrected chi connectivity index (χ2v) is 7.00. The van der Waals surface area contributed by atoms with Crippen molar-refractivity contribution in [3.8, 4) is 22.9 Å². The normalized spacial score (nSPS) is 11.9. The monoisotopic (exact) mass is 379 g/mol. The number of fused-ring (bicyclic) bond motifs is 1. The topological polar surface area (TPSA) is 65.7 Å². The predicted molar refractivity (Wildman–Crippen MR) is 106 cm³/mol. The fraction of sp³-hybridized carbons (Fsp3) is 0.150. The number of ether oxygens (including phenoxy) is 2. The van der Waals surface area contributed by atoms with Gasteiger partial charge in [0.2, 0.25) is 4.96 Å². The first-order valence-electron chi connectivity index (χ1n) is 8.30. The highest BCUT2D eigenvalue weighted by Gasteiger charge is 2.15. The van der Waals surface area contributed by atoms with Crippen molar-refractivity contribution in [3.63, 3.8) is 0 Å². The molecular formula is C20H17N3O3S. The second-order valence-electron chi connectivity index (χ2n) is 5.99. The Balaban J connectivity index is 1.88. The van der Waals surface area contributed by atoms with Crippen molar-refractivity contribution in [1.29, 1.82) is 0 Å². The lowest BCUT2D eigenvalue weighted by Crippen LogP contribution is -2.23. The fourth-order valence-electron chi connectivity index (χ4n) is 2.95. The zero-order chi connectivity index (χ0) is 19.0. The van der Waals surface area contributed by atoms with Crippen molar-refractivity contribution in [2.45, 2.75) is 6.92 Å². The molecule has 2 aromatic heterocycles. The SMILES string of the molecule is COc1ccc(/C=c2\sc3nnc(-c4ccccc4C)n3c2=O)cc1OC. The van der Waals surface area contributed by atoms with Gasteiger partial charge in [-0.25, -0.2) is 4.40 Å². The van der Waals surface area contributed by atoms with Crippen LogP contribution in [0.3, 0.4) is 0 Å². The highest BCUT2D eigenvalue weighted by molar-refractivity contribution is 7.15. The molecule has 0 saturated carbocycles. The summed E-state index contributed by atoms with van der Waals surface area (Å²) in [4.78, 5) is 13.6. The predicted octanol–water partition coefficient (Wildman–Crippen LogP) is 2.69. The van der Waals surface area contributed by atoms with Crippen LogP contribution in [0.5, 0.6) is 11.5 Å². The lowest BCUT2D eigenvalue weighted by Gasteiger charge is -2.07. The van der Waals surface area contributed by atoms with Crippen LogP contribution in [-0.2, 0) is 0 Å². The molecule has 0 spiro atoms. The Hall–Kier alpha value is -3.19. The van der Waals surface area contributed by atoms with E-state index >= 15 is 0 Å². The van der Waals surface area contributed by atoms with E-state index in [1.54, 1.807) is 18.6 Å². The molecule has 6 nitrogen and oxygen atoms in total. The number of aromatic nitrogens is 3. The molecule has 27 heavy (non-hydrogen) atoms. The summed E-state index contributed by atoms with van der Waals surface area (Å²) in [7, 11) is 3.17. The van der Waals surface area contributed by atoms with E-state index in [-0.39, 0.29) is 5.56 Å². The molecular weight excluding hydrogens is 362 g/mol. The van der Waals surface area contributed by atoms with Gasteiger partial charge in [0.25, 0.3) is 5.56 Å². The van der Waals surface area contributed by atoms with Crippen molar-refractivity contribution in [2.75, 3.05) is 14.2 Å². The molecule has 0 N–H and O–H groups in total. The van der Waals surface area contributed by atoms with Crippen molar-refractivity contribution in [1.82, 2.24) is 14.6 Å². The third-order valence-electron chi connectivity index (χ3n) is 4.34. The molecule has 2 aromatic carbocycles. The van der Waals surface area contributed by atoms with E-state index in [1.165, 1.54) is 11.3 Å². The number of rotatable bonds is 4. The summed E-state index contributed by atoms with van der Waals surface area (Å²) < 4.78 is 12.7. The van der Waals surface area contributed by atoms with Gasteiger partial charge in [-0.2, -0.15) is 0 Å². The summed E-state index contributed by atoms with van der Waals surface area (Å²) in [6.07, 6.45) is 1.82. The first-order valence-corrected chi connectivity index (χ1v) is 9.11. The first-order chi connectivity index (χ1) is 13.1. The molecule has 136 valence electrons. The molecule has 7 heteroatoms. The van der Waals surface area contributed by atoms with E-state index in [9.17, 15) is 4.79 Å². The maximum absolute atomic E-state index is 13.0. The van der Waals surface area contributed by atoms with Crippen LogP contribution in [0.25, 0.3) is 22.4 Å². The molecule has 0 bridgehead atoms. The van der Waals surface area contributed by atoms with Crippen LogP contribution in [-0.4, -0.2) is 28.8 Å². The van der Waals surface area contributed by atoms with Crippen LogP contribution < -0.4 is 19.6 Å². The van der Waals surface area contributed by atoms with E-state index < -0.39 is 0 Å². The van der Waals surface area contributed by atoms with Gasteiger partial charge in [0, 0.05) is 5.56 Å². The Labute approximate surface area is 159 Å². The van der Waals surface area contributed by atoms with Gasteiger partial charge in [-0.3, -0.25) is 4.79 Å². The smallest absolute Gasteiger partial charge is 0.276 e. The lowest BCUT2D eigenvalue weighted by atomic mass is 10.1. The fourth-order valence-corrected chi connectivity index (χ4v) is 3.87. The minimum absolute atomic E-state index is 0.131. The minimum Gasteiger partial charge on any atom is -0.493 e. The van der Waals surface area contributed by atoms with Gasteiger partial charge in [-0.05, 0) is 36.3 Å². The molecule has 4 rings (SSSR count). The van der Waals surface area contributed by atoms with E-state index in [0.717, 1.165) is 16.7 Å². The highest BCUT2D eigenvalue weighted by Crippen LogP contribution is 2.28. The number of aryl methyl sites for hydroxylation is 1. The van der Waals surface area contributed by atoms with Gasteiger partial charge in [0.1, 0.15) is 0 Å². The van der Waals surface area contributed by atoms with Gasteiger partial charge < -0.3 is 9.47 Å². The van der Waals surface area contributed by atoms with Gasteiger partial charge in [0.15, 0.2) is 17.3 Å². The molecule has 0 radical (unpaired) electrons. The highest BCUT2D eigenvalue weighted by atomic mass is 32.1. The van der Waals surface area contributed by atoms with Crippen LogP contribution in [0.4, 0.5) is 0 Å². The summed E-state index contributed by atoms with van der Waals surface area (Å²) in [5.74, 6) is 1.82. The lowest BCUT2D eigenvalue weighted by molar-refractivity contribution is 0.355.